The van der Waals surface area contributed by atoms with Crippen molar-refractivity contribution in [1.29, 1.82) is 0 Å². The average Bonchev–Trinajstić information content (AvgIpc) is 3.08. The van der Waals surface area contributed by atoms with Gasteiger partial charge in [-0.15, -0.1) is 0 Å². The number of hydrogen-bond acceptors (Lipinski definition) is 2. The van der Waals surface area contributed by atoms with Crippen LogP contribution in [-0.4, -0.2) is 11.6 Å². The van der Waals surface area contributed by atoms with Gasteiger partial charge in [-0.2, -0.15) is 0 Å². The van der Waals surface area contributed by atoms with E-state index in [2.05, 4.69) is 20.8 Å². The third-order valence-electron chi connectivity index (χ3n) is 6.31. The van der Waals surface area contributed by atoms with Crippen molar-refractivity contribution in [2.75, 3.05) is 0 Å². The van der Waals surface area contributed by atoms with Crippen LogP contribution in [0, 0.1) is 23.2 Å². The lowest BCUT2D eigenvalue weighted by molar-refractivity contribution is -0.178. The lowest BCUT2D eigenvalue weighted by atomic mass is 9.74. The molecule has 0 N–H and O–H groups in total. The standard InChI is InChI=1S/C19H34O2/c1-6-8-11-19(5,21-17(20)18(3,4)7-2)16-13-14-9-10-15(16)12-14/h14-16H,6-13H2,1-5H3. The van der Waals surface area contributed by atoms with E-state index in [1.807, 2.05) is 13.8 Å². The molecule has 0 aromatic rings. The van der Waals surface area contributed by atoms with E-state index in [0.717, 1.165) is 31.1 Å². The van der Waals surface area contributed by atoms with Crippen LogP contribution in [0.3, 0.4) is 0 Å². The molecule has 2 rings (SSSR count). The summed E-state index contributed by atoms with van der Waals surface area (Å²) in [7, 11) is 0. The third kappa shape index (κ3) is 3.46. The lowest BCUT2D eigenvalue weighted by Crippen LogP contribution is -2.45. The third-order valence-corrected chi connectivity index (χ3v) is 6.31. The molecule has 2 fully saturated rings. The van der Waals surface area contributed by atoms with Crippen LogP contribution < -0.4 is 0 Å². The zero-order valence-electron chi connectivity index (χ0n) is 14.7. The van der Waals surface area contributed by atoms with Crippen LogP contribution in [0.25, 0.3) is 0 Å². The first-order valence-corrected chi connectivity index (χ1v) is 9.06. The summed E-state index contributed by atoms with van der Waals surface area (Å²) < 4.78 is 6.19. The van der Waals surface area contributed by atoms with Crippen LogP contribution in [0.1, 0.15) is 86.0 Å². The van der Waals surface area contributed by atoms with Crippen molar-refractivity contribution in [3.8, 4) is 0 Å². The Labute approximate surface area is 131 Å². The summed E-state index contributed by atoms with van der Waals surface area (Å²) in [6.45, 7) is 10.5. The summed E-state index contributed by atoms with van der Waals surface area (Å²) in [5.41, 5.74) is -0.593. The van der Waals surface area contributed by atoms with Crippen molar-refractivity contribution in [2.45, 2.75) is 91.6 Å². The van der Waals surface area contributed by atoms with Crippen molar-refractivity contribution in [2.24, 2.45) is 23.2 Å². The molecule has 2 nitrogen and oxygen atoms in total. The highest BCUT2D eigenvalue weighted by Crippen LogP contribution is 2.54. The molecule has 0 spiro atoms. The first-order chi connectivity index (χ1) is 9.82. The molecule has 2 bridgehead atoms. The highest BCUT2D eigenvalue weighted by atomic mass is 16.6. The van der Waals surface area contributed by atoms with E-state index < -0.39 is 0 Å². The Morgan fingerprint density at radius 2 is 1.86 bits per heavy atom. The van der Waals surface area contributed by atoms with Gasteiger partial charge in [-0.3, -0.25) is 4.79 Å². The molecule has 2 saturated carbocycles. The monoisotopic (exact) mass is 294 g/mol. The number of ether oxygens (including phenoxy) is 1. The maximum atomic E-state index is 12.6. The molecule has 2 heteroatoms. The zero-order chi connectivity index (χ0) is 15.7. The quantitative estimate of drug-likeness (QED) is 0.591. The predicted molar refractivity (Wildman–Crippen MR) is 87.0 cm³/mol. The van der Waals surface area contributed by atoms with E-state index in [1.54, 1.807) is 0 Å². The van der Waals surface area contributed by atoms with Gasteiger partial charge in [-0.1, -0.05) is 26.7 Å². The molecular weight excluding hydrogens is 260 g/mol. The largest absolute Gasteiger partial charge is 0.459 e. The van der Waals surface area contributed by atoms with Gasteiger partial charge in [0.25, 0.3) is 0 Å². The molecule has 0 aromatic carbocycles. The summed E-state index contributed by atoms with van der Waals surface area (Å²) in [4.78, 5) is 12.6. The maximum Gasteiger partial charge on any atom is 0.312 e. The van der Waals surface area contributed by atoms with Gasteiger partial charge in [0.1, 0.15) is 5.60 Å². The second-order valence-corrected chi connectivity index (χ2v) is 8.32. The average molecular weight is 294 g/mol. The fourth-order valence-electron chi connectivity index (χ4n) is 4.33. The smallest absolute Gasteiger partial charge is 0.312 e. The molecule has 2 aliphatic carbocycles. The molecule has 0 aliphatic heterocycles. The molecule has 0 aromatic heterocycles. The lowest BCUT2D eigenvalue weighted by Gasteiger charge is -2.41. The van der Waals surface area contributed by atoms with E-state index in [0.29, 0.717) is 5.92 Å². The Morgan fingerprint density at radius 1 is 1.14 bits per heavy atom. The number of unbranched alkanes of at least 4 members (excludes halogenated alkanes) is 1. The van der Waals surface area contributed by atoms with E-state index in [1.165, 1.54) is 32.1 Å². The van der Waals surface area contributed by atoms with Crippen LogP contribution in [0.2, 0.25) is 0 Å². The fraction of sp³-hybridized carbons (Fsp3) is 0.947. The Morgan fingerprint density at radius 3 is 2.33 bits per heavy atom. The molecular formula is C19H34O2. The summed E-state index contributed by atoms with van der Waals surface area (Å²) >= 11 is 0. The molecule has 21 heavy (non-hydrogen) atoms. The van der Waals surface area contributed by atoms with Crippen molar-refractivity contribution in [1.82, 2.24) is 0 Å². The van der Waals surface area contributed by atoms with Crippen molar-refractivity contribution >= 4 is 5.97 Å². The van der Waals surface area contributed by atoms with Gasteiger partial charge in [-0.25, -0.2) is 0 Å². The SMILES string of the molecule is CCCCC(C)(OC(=O)C(C)(C)CC)C1CC2CCC1C2. The van der Waals surface area contributed by atoms with Crippen molar-refractivity contribution in [3.63, 3.8) is 0 Å². The van der Waals surface area contributed by atoms with Gasteiger partial charge in [0.05, 0.1) is 5.41 Å². The predicted octanol–water partition coefficient (Wildman–Crippen LogP) is 5.35. The Kier molecular flexibility index (Phi) is 5.05. The summed E-state index contributed by atoms with van der Waals surface area (Å²) in [5.74, 6) is 2.30. The number of hydrogen-bond donors (Lipinski definition) is 0. The number of carbonyl (C=O) groups is 1. The Bertz CT molecular complexity index is 374. The van der Waals surface area contributed by atoms with Crippen molar-refractivity contribution < 1.29 is 9.53 Å². The number of esters is 1. The summed E-state index contributed by atoms with van der Waals surface area (Å²) in [5, 5.41) is 0. The second-order valence-electron chi connectivity index (χ2n) is 8.32. The van der Waals surface area contributed by atoms with Gasteiger partial charge in [-0.05, 0) is 71.1 Å². The molecule has 0 heterocycles. The summed E-state index contributed by atoms with van der Waals surface area (Å²) in [6, 6.07) is 0. The highest BCUT2D eigenvalue weighted by molar-refractivity contribution is 5.76. The number of rotatable bonds is 7. The van der Waals surface area contributed by atoms with Gasteiger partial charge in [0, 0.05) is 5.92 Å². The number of carbonyl (C=O) groups excluding carboxylic acids is 1. The Balaban J connectivity index is 2.11. The van der Waals surface area contributed by atoms with E-state index in [9.17, 15) is 4.79 Å². The molecule has 122 valence electrons. The molecule has 4 atom stereocenters. The molecule has 0 radical (unpaired) electrons. The minimum absolute atomic E-state index is 0.00590. The van der Waals surface area contributed by atoms with E-state index >= 15 is 0 Å². The molecule has 4 unspecified atom stereocenters. The molecule has 0 saturated heterocycles. The summed E-state index contributed by atoms with van der Waals surface area (Å²) in [6.07, 6.45) is 9.61. The van der Waals surface area contributed by atoms with Gasteiger partial charge < -0.3 is 4.74 Å². The minimum Gasteiger partial charge on any atom is -0.459 e. The van der Waals surface area contributed by atoms with Crippen LogP contribution in [0.4, 0.5) is 0 Å². The normalized spacial score (nSPS) is 31.2. The first kappa shape index (κ1) is 16.8. The number of fused-ring (bicyclic) bond motifs is 2. The van der Waals surface area contributed by atoms with E-state index in [4.69, 9.17) is 4.74 Å². The minimum atomic E-state index is -0.356. The Hall–Kier alpha value is -0.530. The van der Waals surface area contributed by atoms with E-state index in [-0.39, 0.29) is 17.0 Å². The zero-order valence-corrected chi connectivity index (χ0v) is 14.7. The maximum absolute atomic E-state index is 12.6. The van der Waals surface area contributed by atoms with Crippen LogP contribution in [-0.2, 0) is 9.53 Å². The van der Waals surface area contributed by atoms with Gasteiger partial charge in [0.2, 0.25) is 0 Å². The van der Waals surface area contributed by atoms with Crippen molar-refractivity contribution in [3.05, 3.63) is 0 Å². The molecule has 2 aliphatic rings. The highest BCUT2D eigenvalue weighted by Gasteiger charge is 2.50. The van der Waals surface area contributed by atoms with Crippen LogP contribution in [0.15, 0.2) is 0 Å². The van der Waals surface area contributed by atoms with Crippen LogP contribution >= 0.6 is 0 Å². The fourth-order valence-corrected chi connectivity index (χ4v) is 4.33. The van der Waals surface area contributed by atoms with Gasteiger partial charge >= 0.3 is 5.97 Å². The molecule has 0 amide bonds. The topological polar surface area (TPSA) is 26.3 Å². The first-order valence-electron chi connectivity index (χ1n) is 9.06. The van der Waals surface area contributed by atoms with Gasteiger partial charge in [0.15, 0.2) is 0 Å². The second kappa shape index (κ2) is 6.30. The van der Waals surface area contributed by atoms with Crippen LogP contribution in [0.5, 0.6) is 0 Å².